The molecular formula is C24H18Cl2O. The first-order chi connectivity index (χ1) is 13.2. The number of rotatable bonds is 2. The second-order valence-electron chi connectivity index (χ2n) is 6.48. The summed E-state index contributed by atoms with van der Waals surface area (Å²) in [5.74, 6) is 0.655. The fourth-order valence-corrected chi connectivity index (χ4v) is 3.97. The van der Waals surface area contributed by atoms with E-state index < -0.39 is 0 Å². The number of fused-ring (bicyclic) bond motifs is 2. The van der Waals surface area contributed by atoms with Gasteiger partial charge in [-0.05, 0) is 64.9 Å². The van der Waals surface area contributed by atoms with Crippen molar-refractivity contribution < 1.29 is 4.74 Å². The number of aryl methyl sites for hydroxylation is 1. The number of benzene rings is 3. The van der Waals surface area contributed by atoms with E-state index in [1.54, 1.807) is 7.11 Å². The van der Waals surface area contributed by atoms with Crippen LogP contribution in [0.1, 0.15) is 27.8 Å². The van der Waals surface area contributed by atoms with Crippen LogP contribution in [0.25, 0.3) is 11.6 Å². The highest BCUT2D eigenvalue weighted by Crippen LogP contribution is 2.36. The molecule has 3 heteroatoms. The van der Waals surface area contributed by atoms with Crippen LogP contribution >= 0.6 is 23.2 Å². The summed E-state index contributed by atoms with van der Waals surface area (Å²) in [5, 5.41) is 1.41. The fourth-order valence-electron chi connectivity index (χ4n) is 3.51. The lowest BCUT2D eigenvalue weighted by molar-refractivity contribution is 0.415. The lowest BCUT2D eigenvalue weighted by Gasteiger charge is -2.10. The van der Waals surface area contributed by atoms with Gasteiger partial charge in [-0.1, -0.05) is 65.7 Å². The predicted molar refractivity (Wildman–Crippen MR) is 114 cm³/mol. The maximum Gasteiger partial charge on any atom is 0.138 e. The highest BCUT2D eigenvalue weighted by atomic mass is 35.5. The Morgan fingerprint density at radius 2 is 1.70 bits per heavy atom. The van der Waals surface area contributed by atoms with E-state index in [2.05, 4.69) is 36.1 Å². The minimum absolute atomic E-state index is 0.597. The Kier molecular flexibility index (Phi) is 5.09. The zero-order chi connectivity index (χ0) is 18.8. The molecule has 0 saturated heterocycles. The van der Waals surface area contributed by atoms with E-state index in [-0.39, 0.29) is 0 Å². The van der Waals surface area contributed by atoms with Crippen molar-refractivity contribution in [3.63, 3.8) is 0 Å². The minimum Gasteiger partial charge on any atom is -0.495 e. The van der Waals surface area contributed by atoms with E-state index in [1.165, 1.54) is 16.7 Å². The van der Waals surface area contributed by atoms with Crippen LogP contribution in [0.15, 0.2) is 66.4 Å². The summed E-state index contributed by atoms with van der Waals surface area (Å²) in [4.78, 5) is 0. The van der Waals surface area contributed by atoms with Crippen LogP contribution in [0.5, 0.6) is 5.75 Å². The third-order valence-corrected chi connectivity index (χ3v) is 5.54. The Morgan fingerprint density at radius 3 is 2.56 bits per heavy atom. The van der Waals surface area contributed by atoms with Crippen LogP contribution in [0, 0.1) is 0 Å². The van der Waals surface area contributed by atoms with Crippen molar-refractivity contribution in [1.82, 2.24) is 0 Å². The molecule has 0 heterocycles. The zero-order valence-electron chi connectivity index (χ0n) is 14.9. The summed E-state index contributed by atoms with van der Waals surface area (Å²) < 4.78 is 5.32. The smallest absolute Gasteiger partial charge is 0.138 e. The van der Waals surface area contributed by atoms with Gasteiger partial charge in [-0.2, -0.15) is 0 Å². The molecule has 1 aliphatic carbocycles. The first-order valence-corrected chi connectivity index (χ1v) is 9.59. The molecule has 134 valence electrons. The Balaban J connectivity index is 1.93. The molecule has 27 heavy (non-hydrogen) atoms. The third kappa shape index (κ3) is 3.55. The maximum atomic E-state index is 6.51. The predicted octanol–water partition coefficient (Wildman–Crippen LogP) is 6.84. The molecule has 0 amide bonds. The van der Waals surface area contributed by atoms with Crippen molar-refractivity contribution in [2.75, 3.05) is 7.11 Å². The highest BCUT2D eigenvalue weighted by molar-refractivity contribution is 6.32. The largest absolute Gasteiger partial charge is 0.495 e. The van der Waals surface area contributed by atoms with Crippen molar-refractivity contribution in [3.05, 3.63) is 104 Å². The standard InChI is InChI=1S/C24H18Cl2O/c1-27-24-15-16(10-14-23(24)26)9-12-20-18-6-3-2-5-17(18)11-13-21-19(20)7-4-8-22(21)25/h2-10,14-15H,11,13H2,1H3. The normalized spacial score (nSPS) is 12.5. The Bertz CT molecular complexity index is 1080. The van der Waals surface area contributed by atoms with Crippen molar-refractivity contribution in [3.8, 4) is 5.75 Å². The zero-order valence-corrected chi connectivity index (χ0v) is 16.4. The van der Waals surface area contributed by atoms with Gasteiger partial charge in [0, 0.05) is 10.6 Å². The topological polar surface area (TPSA) is 9.23 Å². The van der Waals surface area contributed by atoms with Gasteiger partial charge in [0.15, 0.2) is 0 Å². The van der Waals surface area contributed by atoms with Crippen LogP contribution in [-0.4, -0.2) is 7.11 Å². The summed E-state index contributed by atoms with van der Waals surface area (Å²) in [6.07, 6.45) is 3.86. The molecule has 1 aliphatic rings. The first kappa shape index (κ1) is 17.9. The molecule has 0 unspecified atom stereocenters. The molecule has 0 fully saturated rings. The van der Waals surface area contributed by atoms with Crippen LogP contribution in [0.4, 0.5) is 0 Å². The van der Waals surface area contributed by atoms with E-state index in [1.807, 2.05) is 36.4 Å². The van der Waals surface area contributed by atoms with Gasteiger partial charge in [0.1, 0.15) is 5.75 Å². The number of ether oxygens (including phenoxy) is 1. The van der Waals surface area contributed by atoms with E-state index in [4.69, 9.17) is 27.9 Å². The van der Waals surface area contributed by atoms with Gasteiger partial charge >= 0.3 is 0 Å². The average molecular weight is 393 g/mol. The summed E-state index contributed by atoms with van der Waals surface area (Å²) in [6.45, 7) is 0. The maximum absolute atomic E-state index is 6.51. The summed E-state index contributed by atoms with van der Waals surface area (Å²) in [7, 11) is 1.62. The Hall–Kier alpha value is -2.44. The average Bonchev–Trinajstić information content (AvgIpc) is 2.85. The van der Waals surface area contributed by atoms with Gasteiger partial charge < -0.3 is 4.74 Å². The first-order valence-electron chi connectivity index (χ1n) is 8.83. The molecule has 0 bridgehead atoms. The van der Waals surface area contributed by atoms with E-state index in [0.717, 1.165) is 34.6 Å². The molecule has 3 aromatic rings. The van der Waals surface area contributed by atoms with Crippen molar-refractivity contribution in [1.29, 1.82) is 0 Å². The second kappa shape index (κ2) is 7.66. The van der Waals surface area contributed by atoms with Gasteiger partial charge in [0.05, 0.1) is 12.1 Å². The number of hydrogen-bond donors (Lipinski definition) is 0. The monoisotopic (exact) mass is 392 g/mol. The van der Waals surface area contributed by atoms with Crippen molar-refractivity contribution in [2.24, 2.45) is 0 Å². The minimum atomic E-state index is 0.597. The lowest BCUT2D eigenvalue weighted by Crippen LogP contribution is -1.92. The summed E-state index contributed by atoms with van der Waals surface area (Å²) in [6, 6.07) is 20.3. The van der Waals surface area contributed by atoms with Crippen LogP contribution in [0.2, 0.25) is 10.0 Å². The molecule has 0 aromatic heterocycles. The van der Waals surface area contributed by atoms with Crippen molar-refractivity contribution >= 4 is 34.9 Å². The number of methoxy groups -OCH3 is 1. The molecule has 3 aromatic carbocycles. The van der Waals surface area contributed by atoms with Crippen LogP contribution in [-0.2, 0) is 12.8 Å². The molecule has 0 spiro atoms. The molecular weight excluding hydrogens is 375 g/mol. The van der Waals surface area contributed by atoms with E-state index in [0.29, 0.717) is 10.8 Å². The lowest BCUT2D eigenvalue weighted by atomic mass is 9.94. The van der Waals surface area contributed by atoms with Gasteiger partial charge in [0.2, 0.25) is 0 Å². The van der Waals surface area contributed by atoms with Crippen molar-refractivity contribution in [2.45, 2.75) is 12.8 Å². The molecule has 0 saturated carbocycles. The molecule has 1 nitrogen and oxygen atoms in total. The molecule has 0 N–H and O–H groups in total. The second-order valence-corrected chi connectivity index (χ2v) is 7.30. The van der Waals surface area contributed by atoms with Gasteiger partial charge in [-0.25, -0.2) is 0 Å². The number of halogens is 2. The van der Waals surface area contributed by atoms with E-state index in [9.17, 15) is 0 Å². The Morgan fingerprint density at radius 1 is 0.889 bits per heavy atom. The SMILES string of the molecule is COc1cc(C=C=C2c3ccccc3CCc3c(Cl)cccc32)ccc1Cl. The fraction of sp³-hybridized carbons (Fsp3) is 0.125. The highest BCUT2D eigenvalue weighted by Gasteiger charge is 2.19. The van der Waals surface area contributed by atoms with Crippen LogP contribution < -0.4 is 4.74 Å². The summed E-state index contributed by atoms with van der Waals surface area (Å²) in [5.41, 5.74) is 10.4. The molecule has 0 atom stereocenters. The van der Waals surface area contributed by atoms with Gasteiger partial charge in [-0.15, -0.1) is 5.73 Å². The summed E-state index contributed by atoms with van der Waals surface area (Å²) >= 11 is 12.7. The molecule has 4 rings (SSSR count). The number of hydrogen-bond acceptors (Lipinski definition) is 1. The van der Waals surface area contributed by atoms with Gasteiger partial charge in [-0.3, -0.25) is 0 Å². The quantitative estimate of drug-likeness (QED) is 0.433. The van der Waals surface area contributed by atoms with Crippen LogP contribution in [0.3, 0.4) is 0 Å². The third-order valence-electron chi connectivity index (χ3n) is 4.88. The van der Waals surface area contributed by atoms with Gasteiger partial charge in [0.25, 0.3) is 0 Å². The Labute approximate surface area is 169 Å². The molecule has 0 radical (unpaired) electrons. The molecule has 0 aliphatic heterocycles. The van der Waals surface area contributed by atoms with E-state index >= 15 is 0 Å².